The first-order valence-corrected chi connectivity index (χ1v) is 9.03. The minimum atomic E-state index is -4.89. The predicted octanol–water partition coefficient (Wildman–Crippen LogP) is 4.00. The van der Waals surface area contributed by atoms with E-state index in [1.807, 2.05) is 0 Å². The van der Waals surface area contributed by atoms with Crippen LogP contribution in [0.3, 0.4) is 0 Å². The molecule has 1 aromatic carbocycles. The van der Waals surface area contributed by atoms with Crippen LogP contribution < -0.4 is 10.2 Å². The summed E-state index contributed by atoms with van der Waals surface area (Å²) in [5.41, 5.74) is -2.34. The van der Waals surface area contributed by atoms with E-state index in [9.17, 15) is 26.3 Å². The van der Waals surface area contributed by atoms with E-state index in [1.54, 1.807) is 0 Å². The summed E-state index contributed by atoms with van der Waals surface area (Å²) in [6, 6.07) is 3.80. The van der Waals surface area contributed by atoms with Crippen molar-refractivity contribution in [3.63, 3.8) is 0 Å². The lowest BCUT2D eigenvalue weighted by molar-refractivity contribution is -0.137. The van der Waals surface area contributed by atoms with Gasteiger partial charge in [-0.3, -0.25) is 0 Å². The Morgan fingerprint density at radius 3 is 2.60 bits per heavy atom. The smallest absolute Gasteiger partial charge is 0.355 e. The summed E-state index contributed by atoms with van der Waals surface area (Å²) in [7, 11) is 0. The first-order valence-electron chi connectivity index (χ1n) is 9.03. The van der Waals surface area contributed by atoms with Gasteiger partial charge in [-0.15, -0.1) is 0 Å². The highest BCUT2D eigenvalue weighted by Gasteiger charge is 2.36. The third kappa shape index (κ3) is 5.41. The van der Waals surface area contributed by atoms with Gasteiger partial charge in [-0.25, -0.2) is 0 Å². The Kier molecular flexibility index (Phi) is 6.21. The summed E-state index contributed by atoms with van der Waals surface area (Å²) in [5, 5.41) is 15.7. The predicted molar refractivity (Wildman–Crippen MR) is 92.4 cm³/mol. The SMILES string of the molecule is N#Cc1ccc(N(Cc2noc(C3CCCNC3)n2)CC(F)(F)F)cc1C(F)(F)F. The van der Waals surface area contributed by atoms with Crippen molar-refractivity contribution in [1.82, 2.24) is 15.5 Å². The second-order valence-electron chi connectivity index (χ2n) is 6.90. The normalized spacial score (nSPS) is 17.6. The van der Waals surface area contributed by atoms with Gasteiger partial charge in [-0.1, -0.05) is 5.16 Å². The van der Waals surface area contributed by atoms with Crippen molar-refractivity contribution in [2.24, 2.45) is 0 Å². The number of alkyl halides is 6. The third-order valence-electron chi connectivity index (χ3n) is 4.63. The van der Waals surface area contributed by atoms with E-state index in [0.717, 1.165) is 31.5 Å². The molecule has 12 heteroatoms. The molecule has 2 aromatic rings. The molecule has 0 saturated carbocycles. The largest absolute Gasteiger partial charge is 0.417 e. The number of aromatic nitrogens is 2. The molecular weight excluding hydrogens is 416 g/mol. The number of benzene rings is 1. The molecule has 1 aliphatic heterocycles. The molecule has 0 spiro atoms. The second-order valence-corrected chi connectivity index (χ2v) is 6.90. The van der Waals surface area contributed by atoms with Crippen LogP contribution in [0, 0.1) is 11.3 Å². The van der Waals surface area contributed by atoms with E-state index in [1.165, 1.54) is 6.07 Å². The number of nitrogens with zero attached hydrogens (tertiary/aromatic N) is 4. The Morgan fingerprint density at radius 2 is 2.00 bits per heavy atom. The highest BCUT2D eigenvalue weighted by molar-refractivity contribution is 5.55. The maximum Gasteiger partial charge on any atom is 0.417 e. The second kappa shape index (κ2) is 8.51. The molecule has 1 aromatic heterocycles. The van der Waals surface area contributed by atoms with Crippen LogP contribution in [0.25, 0.3) is 0 Å². The van der Waals surface area contributed by atoms with Crippen LogP contribution in [0.2, 0.25) is 0 Å². The molecule has 162 valence electrons. The van der Waals surface area contributed by atoms with Gasteiger partial charge in [-0.05, 0) is 37.6 Å². The highest BCUT2D eigenvalue weighted by atomic mass is 19.4. The van der Waals surface area contributed by atoms with Crippen molar-refractivity contribution in [2.75, 3.05) is 24.5 Å². The summed E-state index contributed by atoms with van der Waals surface area (Å²) in [6.45, 7) is -0.590. The minimum absolute atomic E-state index is 0.0668. The van der Waals surface area contributed by atoms with E-state index in [2.05, 4.69) is 15.5 Å². The van der Waals surface area contributed by atoms with Crippen molar-refractivity contribution < 1.29 is 30.9 Å². The van der Waals surface area contributed by atoms with Gasteiger partial charge in [-0.2, -0.15) is 36.6 Å². The van der Waals surface area contributed by atoms with Crippen molar-refractivity contribution in [3.8, 4) is 6.07 Å². The lowest BCUT2D eigenvalue weighted by atomic mass is 10.00. The van der Waals surface area contributed by atoms with Gasteiger partial charge < -0.3 is 14.7 Å². The Balaban J connectivity index is 1.89. The van der Waals surface area contributed by atoms with Crippen LogP contribution in [0.4, 0.5) is 32.0 Å². The number of hydrogen-bond acceptors (Lipinski definition) is 6. The Labute approximate surface area is 167 Å². The molecule has 0 bridgehead atoms. The molecule has 1 N–H and O–H groups in total. The molecular formula is C18H17F6N5O. The molecule has 1 saturated heterocycles. The van der Waals surface area contributed by atoms with Crippen molar-refractivity contribution >= 4 is 5.69 Å². The van der Waals surface area contributed by atoms with Gasteiger partial charge in [0.15, 0.2) is 5.82 Å². The minimum Gasteiger partial charge on any atom is -0.355 e. The molecule has 1 atom stereocenters. The van der Waals surface area contributed by atoms with E-state index in [0.29, 0.717) is 17.5 Å². The topological polar surface area (TPSA) is 78.0 Å². The lowest BCUT2D eigenvalue weighted by Gasteiger charge is -2.25. The van der Waals surface area contributed by atoms with Crippen LogP contribution in [0.15, 0.2) is 22.7 Å². The van der Waals surface area contributed by atoms with E-state index < -0.39 is 36.6 Å². The van der Waals surface area contributed by atoms with Crippen LogP contribution in [-0.4, -0.2) is 36.0 Å². The maximum atomic E-state index is 13.2. The van der Waals surface area contributed by atoms with Crippen LogP contribution in [0.5, 0.6) is 0 Å². The Hall–Kier alpha value is -2.81. The molecule has 3 rings (SSSR count). The van der Waals surface area contributed by atoms with Crippen molar-refractivity contribution in [1.29, 1.82) is 5.26 Å². The number of anilines is 1. The lowest BCUT2D eigenvalue weighted by Crippen LogP contribution is -2.34. The zero-order chi connectivity index (χ0) is 21.9. The zero-order valence-electron chi connectivity index (χ0n) is 15.5. The van der Waals surface area contributed by atoms with Crippen LogP contribution in [-0.2, 0) is 12.7 Å². The van der Waals surface area contributed by atoms with Gasteiger partial charge in [0.2, 0.25) is 5.89 Å². The highest BCUT2D eigenvalue weighted by Crippen LogP contribution is 2.35. The fourth-order valence-electron chi connectivity index (χ4n) is 3.25. The molecule has 1 fully saturated rings. The number of hydrogen-bond donors (Lipinski definition) is 1. The monoisotopic (exact) mass is 433 g/mol. The first kappa shape index (κ1) is 21.9. The molecule has 0 aliphatic carbocycles. The summed E-state index contributed by atoms with van der Waals surface area (Å²) in [5.74, 6) is 0.139. The third-order valence-corrected chi connectivity index (χ3v) is 4.63. The number of nitrogens with one attached hydrogen (secondary N) is 1. The standard InChI is InChI=1S/C18H17F6N5O/c19-17(20,21)10-29(13-4-3-11(7-25)14(6-13)18(22,23)24)9-15-27-16(30-28-15)12-2-1-5-26-8-12/h3-4,6,12,26H,1-2,5,8-10H2. The van der Waals surface area contributed by atoms with Gasteiger partial charge in [0.1, 0.15) is 6.54 Å². The fraction of sp³-hybridized carbons (Fsp3) is 0.500. The van der Waals surface area contributed by atoms with E-state index in [-0.39, 0.29) is 23.3 Å². The number of nitriles is 1. The molecule has 2 heterocycles. The Bertz CT molecular complexity index is 911. The van der Waals surface area contributed by atoms with Crippen LogP contribution in [0.1, 0.15) is 41.6 Å². The molecule has 1 unspecified atom stereocenters. The summed E-state index contributed by atoms with van der Waals surface area (Å²) < 4.78 is 84.0. The first-order chi connectivity index (χ1) is 14.1. The summed E-state index contributed by atoms with van der Waals surface area (Å²) in [6.07, 6.45) is -7.91. The number of rotatable bonds is 5. The molecule has 0 radical (unpaired) electrons. The molecule has 0 amide bonds. The van der Waals surface area contributed by atoms with Gasteiger partial charge in [0.25, 0.3) is 0 Å². The summed E-state index contributed by atoms with van der Waals surface area (Å²) in [4.78, 5) is 4.80. The van der Waals surface area contributed by atoms with E-state index >= 15 is 0 Å². The molecule has 6 nitrogen and oxygen atoms in total. The molecule has 1 aliphatic rings. The fourth-order valence-corrected chi connectivity index (χ4v) is 3.25. The van der Waals surface area contributed by atoms with Crippen molar-refractivity contribution in [3.05, 3.63) is 41.0 Å². The summed E-state index contributed by atoms with van der Waals surface area (Å²) >= 11 is 0. The Morgan fingerprint density at radius 1 is 1.23 bits per heavy atom. The van der Waals surface area contributed by atoms with Gasteiger partial charge in [0.05, 0.1) is 29.7 Å². The quantitative estimate of drug-likeness (QED) is 0.719. The molecule has 30 heavy (non-hydrogen) atoms. The number of piperidine rings is 1. The van der Waals surface area contributed by atoms with Gasteiger partial charge >= 0.3 is 12.4 Å². The maximum absolute atomic E-state index is 13.2. The average Bonchev–Trinajstić information content (AvgIpc) is 3.14. The van der Waals surface area contributed by atoms with Gasteiger partial charge in [0, 0.05) is 12.2 Å². The average molecular weight is 433 g/mol. The zero-order valence-corrected chi connectivity index (χ0v) is 15.5. The van der Waals surface area contributed by atoms with Crippen molar-refractivity contribution in [2.45, 2.75) is 37.7 Å². The number of halogens is 6. The van der Waals surface area contributed by atoms with Crippen LogP contribution >= 0.6 is 0 Å². The van der Waals surface area contributed by atoms with E-state index in [4.69, 9.17) is 9.78 Å².